The maximum atomic E-state index is 12.6. The Bertz CT molecular complexity index is 374. The third-order valence-electron chi connectivity index (χ3n) is 6.26. The van der Waals surface area contributed by atoms with E-state index in [2.05, 4.69) is 5.32 Å². The zero-order valence-electron chi connectivity index (χ0n) is 12.2. The van der Waals surface area contributed by atoms with Crippen LogP contribution in [0, 0.1) is 17.8 Å². The van der Waals surface area contributed by atoms with Gasteiger partial charge in [0.25, 0.3) is 0 Å². The molecule has 1 atom stereocenters. The molecule has 0 aromatic carbocycles. The van der Waals surface area contributed by atoms with E-state index in [0.717, 1.165) is 37.1 Å². The zero-order valence-corrected chi connectivity index (χ0v) is 12.2. The topological polar surface area (TPSA) is 52.6 Å². The fraction of sp³-hybridized carbons (Fsp3) is 0.938. The third-order valence-corrected chi connectivity index (χ3v) is 6.26. The van der Waals surface area contributed by atoms with Crippen molar-refractivity contribution in [1.82, 2.24) is 10.2 Å². The van der Waals surface area contributed by atoms with Gasteiger partial charge >= 0.3 is 6.03 Å². The molecule has 2 N–H and O–H groups in total. The number of amides is 2. The van der Waals surface area contributed by atoms with Crippen LogP contribution in [0.15, 0.2) is 0 Å². The molecule has 2 amide bonds. The first kappa shape index (κ1) is 12.9. The van der Waals surface area contributed by atoms with Gasteiger partial charge in [0.1, 0.15) is 0 Å². The summed E-state index contributed by atoms with van der Waals surface area (Å²) in [5.41, 5.74) is 0.0917. The van der Waals surface area contributed by atoms with Crippen molar-refractivity contribution in [3.05, 3.63) is 0 Å². The Labute approximate surface area is 120 Å². The fourth-order valence-corrected chi connectivity index (χ4v) is 5.86. The molecule has 0 aromatic rings. The minimum absolute atomic E-state index is 0.0453. The van der Waals surface area contributed by atoms with E-state index in [0.29, 0.717) is 0 Å². The normalized spacial score (nSPS) is 46.0. The molecule has 1 heterocycles. The van der Waals surface area contributed by atoms with Crippen LogP contribution in [-0.4, -0.2) is 40.8 Å². The molecule has 4 saturated carbocycles. The highest BCUT2D eigenvalue weighted by Gasteiger charge is 2.52. The van der Waals surface area contributed by atoms with Crippen molar-refractivity contribution in [2.24, 2.45) is 17.8 Å². The molecule has 1 saturated heterocycles. The number of hydrogen-bond donors (Lipinski definition) is 2. The molecule has 4 nitrogen and oxygen atoms in total. The van der Waals surface area contributed by atoms with Crippen molar-refractivity contribution >= 4 is 6.03 Å². The molecule has 1 aliphatic heterocycles. The average molecular weight is 278 g/mol. The molecule has 0 aromatic heterocycles. The Morgan fingerprint density at radius 1 is 1.15 bits per heavy atom. The van der Waals surface area contributed by atoms with Gasteiger partial charge < -0.3 is 15.3 Å². The first-order valence-electron chi connectivity index (χ1n) is 8.37. The number of hydrogen-bond acceptors (Lipinski definition) is 2. The Morgan fingerprint density at radius 2 is 1.75 bits per heavy atom. The van der Waals surface area contributed by atoms with Crippen molar-refractivity contribution in [2.45, 2.75) is 62.9 Å². The Balaban J connectivity index is 1.47. The van der Waals surface area contributed by atoms with Gasteiger partial charge in [-0.3, -0.25) is 0 Å². The van der Waals surface area contributed by atoms with E-state index in [1.165, 1.54) is 38.5 Å². The van der Waals surface area contributed by atoms with E-state index in [1.807, 2.05) is 4.90 Å². The molecule has 0 unspecified atom stereocenters. The summed E-state index contributed by atoms with van der Waals surface area (Å²) < 4.78 is 0. The maximum Gasteiger partial charge on any atom is 0.318 e. The predicted molar refractivity (Wildman–Crippen MR) is 76.2 cm³/mol. The van der Waals surface area contributed by atoms with E-state index in [4.69, 9.17) is 0 Å². The number of carbonyl (C=O) groups is 1. The van der Waals surface area contributed by atoms with Crippen molar-refractivity contribution < 1.29 is 9.90 Å². The number of rotatable bonds is 2. The summed E-state index contributed by atoms with van der Waals surface area (Å²) in [4.78, 5) is 14.5. The van der Waals surface area contributed by atoms with Gasteiger partial charge in [0.2, 0.25) is 0 Å². The molecule has 5 rings (SSSR count). The predicted octanol–water partition coefficient (Wildman–Crippen LogP) is 2.12. The van der Waals surface area contributed by atoms with Gasteiger partial charge in [0.05, 0.1) is 12.6 Å². The number of nitrogens with one attached hydrogen (secondary N) is 1. The number of carbonyl (C=O) groups excluding carboxylic acids is 1. The lowest BCUT2D eigenvalue weighted by molar-refractivity contribution is -0.0162. The molecular formula is C16H26N2O2. The van der Waals surface area contributed by atoms with E-state index in [1.54, 1.807) is 0 Å². The van der Waals surface area contributed by atoms with Crippen LogP contribution in [0.5, 0.6) is 0 Å². The standard InChI is InChI=1S/C16H26N2O2/c19-10-14-2-1-3-18(14)15(20)17-16-7-11-4-12(8-16)6-13(5-11)9-16/h11-14,19H,1-10H2,(H,17,20)/t11?,12?,13?,14-,16?/m0/s1. The monoisotopic (exact) mass is 278 g/mol. The summed E-state index contributed by atoms with van der Waals surface area (Å²) in [6.07, 6.45) is 9.77. The van der Waals surface area contributed by atoms with Crippen LogP contribution in [0.4, 0.5) is 4.79 Å². The number of urea groups is 1. The molecule has 4 heteroatoms. The maximum absolute atomic E-state index is 12.6. The third kappa shape index (κ3) is 2.03. The van der Waals surface area contributed by atoms with Crippen molar-refractivity contribution in [2.75, 3.05) is 13.2 Å². The van der Waals surface area contributed by atoms with Crippen LogP contribution in [0.25, 0.3) is 0 Å². The van der Waals surface area contributed by atoms with Gasteiger partial charge in [-0.25, -0.2) is 4.79 Å². The number of aliphatic hydroxyl groups excluding tert-OH is 1. The second-order valence-corrected chi connectivity index (χ2v) is 7.80. The van der Waals surface area contributed by atoms with Crippen LogP contribution < -0.4 is 5.32 Å². The van der Waals surface area contributed by atoms with Crippen molar-refractivity contribution in [1.29, 1.82) is 0 Å². The summed E-state index contributed by atoms with van der Waals surface area (Å²) in [7, 11) is 0. The molecule has 5 fully saturated rings. The molecular weight excluding hydrogens is 252 g/mol. The van der Waals surface area contributed by atoms with E-state index < -0.39 is 0 Å². The summed E-state index contributed by atoms with van der Waals surface area (Å²) >= 11 is 0. The summed E-state index contributed by atoms with van der Waals surface area (Å²) in [6, 6.07) is 0.132. The van der Waals surface area contributed by atoms with E-state index in [9.17, 15) is 9.90 Å². The lowest BCUT2D eigenvalue weighted by atomic mass is 9.53. The van der Waals surface area contributed by atoms with Gasteiger partial charge in [-0.05, 0) is 69.1 Å². The highest BCUT2D eigenvalue weighted by atomic mass is 16.3. The number of likely N-dealkylation sites (tertiary alicyclic amines) is 1. The number of nitrogens with zero attached hydrogens (tertiary/aromatic N) is 1. The van der Waals surface area contributed by atoms with Crippen molar-refractivity contribution in [3.8, 4) is 0 Å². The highest BCUT2D eigenvalue weighted by Crippen LogP contribution is 2.55. The zero-order chi connectivity index (χ0) is 13.7. The molecule has 4 bridgehead atoms. The summed E-state index contributed by atoms with van der Waals surface area (Å²) in [5, 5.41) is 12.8. The highest BCUT2D eigenvalue weighted by molar-refractivity contribution is 5.76. The van der Waals surface area contributed by atoms with Crippen LogP contribution in [0.3, 0.4) is 0 Å². The lowest BCUT2D eigenvalue weighted by Crippen LogP contribution is -2.62. The van der Waals surface area contributed by atoms with Gasteiger partial charge in [-0.15, -0.1) is 0 Å². The lowest BCUT2D eigenvalue weighted by Gasteiger charge is -2.57. The minimum Gasteiger partial charge on any atom is -0.394 e. The minimum atomic E-state index is 0.0453. The fourth-order valence-electron chi connectivity index (χ4n) is 5.86. The molecule has 0 spiro atoms. The van der Waals surface area contributed by atoms with Gasteiger partial charge in [-0.1, -0.05) is 0 Å². The second kappa shape index (κ2) is 4.62. The van der Waals surface area contributed by atoms with Crippen LogP contribution in [-0.2, 0) is 0 Å². The van der Waals surface area contributed by atoms with E-state index >= 15 is 0 Å². The van der Waals surface area contributed by atoms with Gasteiger partial charge in [0.15, 0.2) is 0 Å². The summed E-state index contributed by atoms with van der Waals surface area (Å²) in [5.74, 6) is 2.57. The smallest absolute Gasteiger partial charge is 0.318 e. The Kier molecular flexibility index (Phi) is 2.99. The first-order chi connectivity index (χ1) is 9.67. The van der Waals surface area contributed by atoms with Crippen LogP contribution in [0.1, 0.15) is 51.4 Å². The Morgan fingerprint density at radius 3 is 2.30 bits per heavy atom. The van der Waals surface area contributed by atoms with Crippen LogP contribution >= 0.6 is 0 Å². The molecule has 0 radical (unpaired) electrons. The molecule has 20 heavy (non-hydrogen) atoms. The van der Waals surface area contributed by atoms with E-state index in [-0.39, 0.29) is 24.2 Å². The quantitative estimate of drug-likeness (QED) is 0.813. The average Bonchev–Trinajstić information content (AvgIpc) is 2.84. The second-order valence-electron chi connectivity index (χ2n) is 7.80. The SMILES string of the molecule is O=C(NC12CC3CC(CC(C3)C1)C2)N1CCC[C@H]1CO. The molecule has 5 aliphatic rings. The van der Waals surface area contributed by atoms with Gasteiger partial charge in [-0.2, -0.15) is 0 Å². The Hall–Kier alpha value is -0.770. The largest absolute Gasteiger partial charge is 0.394 e. The van der Waals surface area contributed by atoms with Gasteiger partial charge in [0, 0.05) is 12.1 Å². The first-order valence-corrected chi connectivity index (χ1v) is 8.37. The molecule has 112 valence electrons. The van der Waals surface area contributed by atoms with Crippen molar-refractivity contribution in [3.63, 3.8) is 0 Å². The summed E-state index contributed by atoms with van der Waals surface area (Å²) in [6.45, 7) is 0.914. The van der Waals surface area contributed by atoms with Crippen LogP contribution in [0.2, 0.25) is 0 Å². The number of aliphatic hydroxyl groups is 1. The molecule has 4 aliphatic carbocycles.